The molecule has 2 N–H and O–H groups in total. The van der Waals surface area contributed by atoms with Gasteiger partial charge in [-0.25, -0.2) is 0 Å². The van der Waals surface area contributed by atoms with Crippen LogP contribution in [0.25, 0.3) is 0 Å². The van der Waals surface area contributed by atoms with Crippen molar-refractivity contribution in [3.63, 3.8) is 0 Å². The van der Waals surface area contributed by atoms with Crippen LogP contribution in [-0.4, -0.2) is 12.3 Å². The Morgan fingerprint density at radius 2 is 1.67 bits per heavy atom. The first-order chi connectivity index (χ1) is 8.81. The molecule has 0 aliphatic heterocycles. The Hall–Kier alpha value is -1.25. The van der Waals surface area contributed by atoms with Gasteiger partial charge >= 0.3 is 0 Å². The molecule has 1 atom stereocenters. The zero-order chi connectivity index (χ0) is 12.8. The molecule has 0 amide bonds. The van der Waals surface area contributed by atoms with Crippen molar-refractivity contribution >= 4 is 11.8 Å². The Balaban J connectivity index is 2.02. The van der Waals surface area contributed by atoms with Crippen LogP contribution in [0.15, 0.2) is 59.5 Å². The second-order valence-corrected chi connectivity index (χ2v) is 5.48. The lowest BCUT2D eigenvalue weighted by Crippen LogP contribution is -2.14. The molecular formula is C16H19NS. The number of nitrogens with two attached hydrogens (primary N) is 1. The molecule has 1 unspecified atom stereocenters. The summed E-state index contributed by atoms with van der Waals surface area (Å²) in [6.07, 6.45) is 0. The number of benzene rings is 2. The van der Waals surface area contributed by atoms with E-state index in [0.717, 1.165) is 5.75 Å². The van der Waals surface area contributed by atoms with E-state index in [4.69, 9.17) is 5.73 Å². The first-order valence-electron chi connectivity index (χ1n) is 6.24. The summed E-state index contributed by atoms with van der Waals surface area (Å²) in [5.74, 6) is 1.46. The van der Waals surface area contributed by atoms with Crippen molar-refractivity contribution in [3.8, 4) is 0 Å². The maximum Gasteiger partial charge on any atom is 0.0101 e. The van der Waals surface area contributed by atoms with E-state index < -0.39 is 0 Å². The molecule has 94 valence electrons. The van der Waals surface area contributed by atoms with E-state index >= 15 is 0 Å². The summed E-state index contributed by atoms with van der Waals surface area (Å²) in [6, 6.07) is 19.0. The Labute approximate surface area is 113 Å². The van der Waals surface area contributed by atoms with Gasteiger partial charge in [0, 0.05) is 16.6 Å². The van der Waals surface area contributed by atoms with E-state index in [1.807, 2.05) is 17.8 Å². The molecule has 1 nitrogen and oxygen atoms in total. The number of hydrogen-bond acceptors (Lipinski definition) is 2. The van der Waals surface area contributed by atoms with Crippen LogP contribution in [0.4, 0.5) is 0 Å². The predicted molar refractivity (Wildman–Crippen MR) is 80.1 cm³/mol. The van der Waals surface area contributed by atoms with Crippen molar-refractivity contribution in [2.45, 2.75) is 17.7 Å². The first kappa shape index (κ1) is 13.2. The Morgan fingerprint density at radius 3 is 2.33 bits per heavy atom. The third-order valence-corrected chi connectivity index (χ3v) is 4.43. The van der Waals surface area contributed by atoms with Gasteiger partial charge in [-0.15, -0.1) is 11.8 Å². The molecule has 0 radical (unpaired) electrons. The van der Waals surface area contributed by atoms with E-state index in [0.29, 0.717) is 12.5 Å². The highest BCUT2D eigenvalue weighted by atomic mass is 32.2. The molecule has 0 aliphatic carbocycles. The third kappa shape index (κ3) is 3.37. The highest BCUT2D eigenvalue weighted by molar-refractivity contribution is 7.99. The molecule has 2 aromatic carbocycles. The van der Waals surface area contributed by atoms with E-state index in [2.05, 4.69) is 55.5 Å². The molecule has 18 heavy (non-hydrogen) atoms. The smallest absolute Gasteiger partial charge is 0.0101 e. The van der Waals surface area contributed by atoms with Gasteiger partial charge in [0.1, 0.15) is 0 Å². The van der Waals surface area contributed by atoms with Crippen LogP contribution < -0.4 is 5.73 Å². The Kier molecular flexibility index (Phi) is 4.85. The minimum atomic E-state index is 0.427. The lowest BCUT2D eigenvalue weighted by molar-refractivity contribution is 0.785. The fraction of sp³-hybridized carbons (Fsp3) is 0.250. The van der Waals surface area contributed by atoms with Crippen LogP contribution in [0.5, 0.6) is 0 Å². The topological polar surface area (TPSA) is 26.0 Å². The van der Waals surface area contributed by atoms with Gasteiger partial charge in [-0.1, -0.05) is 48.5 Å². The van der Waals surface area contributed by atoms with Crippen molar-refractivity contribution in [1.82, 2.24) is 0 Å². The third-order valence-electron chi connectivity index (χ3n) is 3.09. The van der Waals surface area contributed by atoms with Crippen LogP contribution in [-0.2, 0) is 0 Å². The van der Waals surface area contributed by atoms with Crippen molar-refractivity contribution in [2.24, 2.45) is 5.73 Å². The van der Waals surface area contributed by atoms with Gasteiger partial charge < -0.3 is 5.73 Å². The highest BCUT2D eigenvalue weighted by Crippen LogP contribution is 2.27. The molecule has 2 aromatic rings. The maximum atomic E-state index is 5.89. The quantitative estimate of drug-likeness (QED) is 0.824. The van der Waals surface area contributed by atoms with E-state index in [1.54, 1.807) is 0 Å². The SMILES string of the molecule is Cc1ccccc1SCC(CN)c1ccccc1. The molecular weight excluding hydrogens is 238 g/mol. The fourth-order valence-electron chi connectivity index (χ4n) is 1.93. The van der Waals surface area contributed by atoms with Crippen molar-refractivity contribution < 1.29 is 0 Å². The standard InChI is InChI=1S/C16H19NS/c1-13-7-5-6-10-16(13)18-12-15(11-17)14-8-3-2-4-9-14/h2-10,15H,11-12,17H2,1H3. The number of rotatable bonds is 5. The zero-order valence-corrected chi connectivity index (χ0v) is 11.5. The van der Waals surface area contributed by atoms with Crippen LogP contribution in [0.1, 0.15) is 17.0 Å². The molecule has 0 aromatic heterocycles. The second kappa shape index (κ2) is 6.62. The normalized spacial score (nSPS) is 12.3. The molecule has 0 spiro atoms. The van der Waals surface area contributed by atoms with Crippen molar-refractivity contribution in [2.75, 3.05) is 12.3 Å². The minimum absolute atomic E-state index is 0.427. The van der Waals surface area contributed by atoms with Gasteiger partial charge in [-0.05, 0) is 30.7 Å². The predicted octanol–water partition coefficient (Wildman–Crippen LogP) is 3.83. The molecule has 0 saturated heterocycles. The maximum absolute atomic E-state index is 5.89. The summed E-state index contributed by atoms with van der Waals surface area (Å²) in [5.41, 5.74) is 8.57. The van der Waals surface area contributed by atoms with Crippen LogP contribution >= 0.6 is 11.8 Å². The Bertz CT molecular complexity index is 481. The molecule has 0 heterocycles. The largest absolute Gasteiger partial charge is 0.330 e. The summed E-state index contributed by atoms with van der Waals surface area (Å²) in [4.78, 5) is 1.35. The summed E-state index contributed by atoms with van der Waals surface area (Å²) >= 11 is 1.89. The molecule has 0 aliphatic rings. The monoisotopic (exact) mass is 257 g/mol. The van der Waals surface area contributed by atoms with Crippen LogP contribution in [0, 0.1) is 6.92 Å². The van der Waals surface area contributed by atoms with Gasteiger partial charge in [0.05, 0.1) is 0 Å². The average Bonchev–Trinajstić information content (AvgIpc) is 2.42. The van der Waals surface area contributed by atoms with Gasteiger partial charge in [-0.2, -0.15) is 0 Å². The first-order valence-corrected chi connectivity index (χ1v) is 7.23. The zero-order valence-electron chi connectivity index (χ0n) is 10.7. The highest BCUT2D eigenvalue weighted by Gasteiger charge is 2.10. The molecule has 0 fully saturated rings. The average molecular weight is 257 g/mol. The van der Waals surface area contributed by atoms with Gasteiger partial charge in [-0.3, -0.25) is 0 Å². The summed E-state index contributed by atoms with van der Waals surface area (Å²) in [7, 11) is 0. The van der Waals surface area contributed by atoms with Crippen LogP contribution in [0.2, 0.25) is 0 Å². The van der Waals surface area contributed by atoms with Crippen molar-refractivity contribution in [3.05, 3.63) is 65.7 Å². The Morgan fingerprint density at radius 1 is 1.00 bits per heavy atom. The van der Waals surface area contributed by atoms with Crippen molar-refractivity contribution in [1.29, 1.82) is 0 Å². The minimum Gasteiger partial charge on any atom is -0.330 e. The second-order valence-electron chi connectivity index (χ2n) is 4.42. The molecule has 0 bridgehead atoms. The molecule has 0 saturated carbocycles. The van der Waals surface area contributed by atoms with E-state index in [-0.39, 0.29) is 0 Å². The van der Waals surface area contributed by atoms with E-state index in [9.17, 15) is 0 Å². The molecule has 2 heteroatoms. The molecule has 2 rings (SSSR count). The number of hydrogen-bond donors (Lipinski definition) is 1. The van der Waals surface area contributed by atoms with Gasteiger partial charge in [0.15, 0.2) is 0 Å². The number of aryl methyl sites for hydroxylation is 1. The van der Waals surface area contributed by atoms with Gasteiger partial charge in [0.25, 0.3) is 0 Å². The summed E-state index contributed by atoms with van der Waals surface area (Å²) in [6.45, 7) is 2.85. The van der Waals surface area contributed by atoms with Crippen LogP contribution in [0.3, 0.4) is 0 Å². The lowest BCUT2D eigenvalue weighted by Gasteiger charge is -2.15. The number of thioether (sulfide) groups is 1. The lowest BCUT2D eigenvalue weighted by atomic mass is 10.0. The fourth-order valence-corrected chi connectivity index (χ4v) is 3.11. The van der Waals surface area contributed by atoms with Gasteiger partial charge in [0.2, 0.25) is 0 Å². The summed E-state index contributed by atoms with van der Waals surface area (Å²) < 4.78 is 0. The summed E-state index contributed by atoms with van der Waals surface area (Å²) in [5, 5.41) is 0. The van der Waals surface area contributed by atoms with E-state index in [1.165, 1.54) is 16.0 Å².